The Morgan fingerprint density at radius 1 is 1.12 bits per heavy atom. The molecule has 0 heterocycles. The van der Waals surface area contributed by atoms with Crippen LogP contribution in [0.15, 0.2) is 0 Å². The van der Waals surface area contributed by atoms with Gasteiger partial charge in [0.05, 0.1) is 0 Å². The number of hydrogen-bond acceptors (Lipinski definition) is 4. The van der Waals surface area contributed by atoms with Crippen molar-refractivity contribution in [3.05, 3.63) is 0 Å². The molecular weight excluding hydrogens is 147 g/mol. The van der Waals surface area contributed by atoms with E-state index in [0.29, 0.717) is 0 Å². The van der Waals surface area contributed by atoms with Gasteiger partial charge in [-0.1, -0.05) is 0 Å². The molecular formula is H9N2NaO4S. The first-order valence-corrected chi connectivity index (χ1v) is 2.10. The molecule has 0 saturated heterocycles. The fourth-order valence-electron chi connectivity index (χ4n) is 0. The molecule has 0 aromatic carbocycles. The fraction of sp³-hybridized carbons (Fsp3) is 0. The van der Waals surface area contributed by atoms with Gasteiger partial charge in [-0.3, -0.25) is 9.11 Å². The van der Waals surface area contributed by atoms with Crippen molar-refractivity contribution in [1.29, 1.82) is 0 Å². The zero-order chi connectivity index (χ0) is 4.50. The minimum absolute atomic E-state index is 0. The Kier molecular flexibility index (Phi) is 22.6. The Morgan fingerprint density at radius 3 is 1.12 bits per heavy atom. The molecule has 0 unspecified atom stereocenters. The second kappa shape index (κ2) is 7.79. The average Bonchev–Trinajstić information content (AvgIpc) is 0.722. The second-order valence-corrected chi connectivity index (χ2v) is 1.34. The van der Waals surface area contributed by atoms with Gasteiger partial charge in [-0.15, -0.1) is 0 Å². The quantitative estimate of drug-likeness (QED) is 0.214. The van der Waals surface area contributed by atoms with E-state index < -0.39 is 10.4 Å². The summed E-state index contributed by atoms with van der Waals surface area (Å²) in [6.45, 7) is 0. The molecule has 0 amide bonds. The summed E-state index contributed by atoms with van der Waals surface area (Å²) in [5, 5.41) is 0. The minimum Gasteiger partial charge on any atom is -1.00 e. The smallest absolute Gasteiger partial charge is 1.00 e. The maximum absolute atomic E-state index is 8.74. The first-order valence-electron chi connectivity index (χ1n) is 0.698. The van der Waals surface area contributed by atoms with E-state index in [1.165, 1.54) is 0 Å². The second-order valence-electron chi connectivity index (χ2n) is 0.448. The van der Waals surface area contributed by atoms with Crippen molar-refractivity contribution in [2.75, 3.05) is 0 Å². The van der Waals surface area contributed by atoms with E-state index in [-0.39, 0.29) is 43.3 Å². The van der Waals surface area contributed by atoms with Crippen LogP contribution in [0.25, 0.3) is 0 Å². The van der Waals surface area contributed by atoms with E-state index in [9.17, 15) is 0 Å². The molecule has 0 aliphatic heterocycles. The van der Waals surface area contributed by atoms with Gasteiger partial charge in [0.1, 0.15) is 0 Å². The molecule has 8 N–H and O–H groups in total. The van der Waals surface area contributed by atoms with Gasteiger partial charge in [0.2, 0.25) is 0 Å². The van der Waals surface area contributed by atoms with Gasteiger partial charge in [0, 0.05) is 0 Å². The van der Waals surface area contributed by atoms with Crippen molar-refractivity contribution in [1.82, 2.24) is 12.3 Å². The van der Waals surface area contributed by atoms with Gasteiger partial charge < -0.3 is 13.7 Å². The zero-order valence-electron chi connectivity index (χ0n) is 5.53. The molecule has 0 saturated carbocycles. The van der Waals surface area contributed by atoms with E-state index in [0.717, 1.165) is 0 Å². The third kappa shape index (κ3) is 365. The minimum atomic E-state index is -4.67. The van der Waals surface area contributed by atoms with E-state index in [2.05, 4.69) is 0 Å². The first kappa shape index (κ1) is 23.2. The van der Waals surface area contributed by atoms with E-state index in [1.54, 1.807) is 0 Å². The molecule has 0 radical (unpaired) electrons. The molecule has 0 bridgehead atoms. The summed E-state index contributed by atoms with van der Waals surface area (Å²) >= 11 is 0. The summed E-state index contributed by atoms with van der Waals surface area (Å²) in [7, 11) is -4.67. The van der Waals surface area contributed by atoms with Gasteiger partial charge in [-0.05, 0) is 0 Å². The normalized spacial score (nSPS) is 7.25. The predicted molar refractivity (Wildman–Crippen MR) is 25.3 cm³/mol. The van der Waals surface area contributed by atoms with Crippen LogP contribution in [-0.4, -0.2) is 17.5 Å². The third-order valence-electron chi connectivity index (χ3n) is 0. The molecule has 0 fully saturated rings. The van der Waals surface area contributed by atoms with Gasteiger partial charge in [0.25, 0.3) is 0 Å². The van der Waals surface area contributed by atoms with Crippen LogP contribution in [0.3, 0.4) is 0 Å². The fourth-order valence-corrected chi connectivity index (χ4v) is 0. The Balaban J connectivity index is -0.0000000133. The summed E-state index contributed by atoms with van der Waals surface area (Å²) in [6, 6.07) is 0. The Morgan fingerprint density at radius 2 is 1.12 bits per heavy atom. The maximum Gasteiger partial charge on any atom is 1.00 e. The number of rotatable bonds is 0. The van der Waals surface area contributed by atoms with Crippen molar-refractivity contribution in [3.8, 4) is 0 Å². The van der Waals surface area contributed by atoms with Crippen LogP contribution in [0, 0.1) is 0 Å². The standard InChI is InChI=1S/2H3N.Na.H2O4S.H/c;;;1-5(2,3)4;/h2*1H3;;(H2,1,2,3,4);/q;;+1;;-1. The molecule has 50 valence electrons. The summed E-state index contributed by atoms with van der Waals surface area (Å²) in [5.41, 5.74) is 0. The van der Waals surface area contributed by atoms with Gasteiger partial charge in [0.15, 0.2) is 0 Å². The Labute approximate surface area is 71.2 Å². The molecule has 0 aliphatic rings. The van der Waals surface area contributed by atoms with Crippen LogP contribution in [0.4, 0.5) is 0 Å². The molecule has 0 spiro atoms. The summed E-state index contributed by atoms with van der Waals surface area (Å²) in [6.07, 6.45) is 0. The zero-order valence-corrected chi connectivity index (χ0v) is 7.35. The summed E-state index contributed by atoms with van der Waals surface area (Å²) < 4.78 is 31.6. The largest absolute Gasteiger partial charge is 1.00 e. The predicted octanol–water partition coefficient (Wildman–Crippen LogP) is -3.21. The van der Waals surface area contributed by atoms with Gasteiger partial charge >= 0.3 is 40.0 Å². The van der Waals surface area contributed by atoms with Crippen molar-refractivity contribution >= 4 is 10.4 Å². The molecule has 6 nitrogen and oxygen atoms in total. The topological polar surface area (TPSA) is 145 Å². The molecule has 8 heteroatoms. The van der Waals surface area contributed by atoms with Gasteiger partial charge in [-0.25, -0.2) is 0 Å². The Bertz CT molecular complexity index is 102. The molecule has 0 rings (SSSR count). The van der Waals surface area contributed by atoms with Crippen LogP contribution in [0.1, 0.15) is 1.43 Å². The summed E-state index contributed by atoms with van der Waals surface area (Å²) in [4.78, 5) is 0. The SMILES string of the molecule is N.N.O=S(=O)(O)O.[H-].[Na+]. The monoisotopic (exact) mass is 156 g/mol. The van der Waals surface area contributed by atoms with Crippen LogP contribution in [0.2, 0.25) is 0 Å². The molecule has 0 atom stereocenters. The molecule has 0 aromatic rings. The van der Waals surface area contributed by atoms with E-state index >= 15 is 0 Å². The van der Waals surface area contributed by atoms with E-state index in [1.807, 2.05) is 0 Å². The van der Waals surface area contributed by atoms with Crippen LogP contribution in [-0.2, 0) is 10.4 Å². The van der Waals surface area contributed by atoms with Gasteiger partial charge in [-0.2, -0.15) is 8.42 Å². The van der Waals surface area contributed by atoms with Crippen LogP contribution < -0.4 is 41.9 Å². The van der Waals surface area contributed by atoms with Crippen LogP contribution in [0.5, 0.6) is 0 Å². The third-order valence-corrected chi connectivity index (χ3v) is 0. The summed E-state index contributed by atoms with van der Waals surface area (Å²) in [5.74, 6) is 0. The maximum atomic E-state index is 8.74. The first-order chi connectivity index (χ1) is 2.00. The Hall–Kier alpha value is 0.790. The van der Waals surface area contributed by atoms with Crippen molar-refractivity contribution in [2.24, 2.45) is 0 Å². The number of hydrogen-bond donors (Lipinski definition) is 4. The molecule has 0 aromatic heterocycles. The molecule has 0 aliphatic carbocycles. The van der Waals surface area contributed by atoms with Crippen molar-refractivity contribution in [2.45, 2.75) is 0 Å². The van der Waals surface area contributed by atoms with Crippen molar-refractivity contribution in [3.63, 3.8) is 0 Å². The van der Waals surface area contributed by atoms with Crippen LogP contribution >= 0.6 is 0 Å². The van der Waals surface area contributed by atoms with Crippen molar-refractivity contribution < 1.29 is 48.5 Å². The average molecular weight is 156 g/mol. The van der Waals surface area contributed by atoms with E-state index in [4.69, 9.17) is 17.5 Å². The molecule has 8 heavy (non-hydrogen) atoms.